The lowest BCUT2D eigenvalue weighted by atomic mass is 10.0. The molecule has 4 heteroatoms. The fraction of sp³-hybridized carbons (Fsp3) is 0.579. The summed E-state index contributed by atoms with van der Waals surface area (Å²) in [6.45, 7) is 11.4. The maximum absolute atomic E-state index is 3.70. The lowest BCUT2D eigenvalue weighted by molar-refractivity contribution is 0.0875. The third-order valence-corrected chi connectivity index (χ3v) is 5.13. The van der Waals surface area contributed by atoms with Gasteiger partial charge in [0.25, 0.3) is 0 Å². The smallest absolute Gasteiger partial charge is 0.0457 e. The zero-order chi connectivity index (χ0) is 16.2. The summed E-state index contributed by atoms with van der Waals surface area (Å²) in [6.07, 6.45) is 2.02. The van der Waals surface area contributed by atoms with E-state index in [1.807, 2.05) is 6.20 Å². The van der Waals surface area contributed by atoms with Gasteiger partial charge < -0.3 is 15.2 Å². The molecule has 4 nitrogen and oxygen atoms in total. The van der Waals surface area contributed by atoms with Crippen molar-refractivity contribution in [1.82, 2.24) is 20.1 Å². The highest BCUT2D eigenvalue weighted by molar-refractivity contribution is 5.82. The SMILES string of the molecule is CC(C)C(CNCc1cccc2[nH]ccc12)N1CCN(C)CC1. The Bertz CT molecular complexity index is 611. The van der Waals surface area contributed by atoms with Gasteiger partial charge in [-0.2, -0.15) is 0 Å². The number of aromatic nitrogens is 1. The number of H-pyrrole nitrogens is 1. The highest BCUT2D eigenvalue weighted by atomic mass is 15.3. The third kappa shape index (κ3) is 3.94. The van der Waals surface area contributed by atoms with Crippen LogP contribution in [0.15, 0.2) is 30.5 Å². The molecule has 1 aliphatic rings. The van der Waals surface area contributed by atoms with Crippen LogP contribution in [-0.4, -0.2) is 60.6 Å². The number of hydrogen-bond acceptors (Lipinski definition) is 3. The van der Waals surface area contributed by atoms with Crippen LogP contribution < -0.4 is 5.32 Å². The minimum absolute atomic E-state index is 0.620. The molecule has 126 valence electrons. The highest BCUT2D eigenvalue weighted by Gasteiger charge is 2.24. The summed E-state index contributed by atoms with van der Waals surface area (Å²) < 4.78 is 0. The Hall–Kier alpha value is -1.36. The number of fused-ring (bicyclic) bond motifs is 1. The molecule has 0 aliphatic carbocycles. The lowest BCUT2D eigenvalue weighted by Crippen LogP contribution is -2.53. The normalized spacial score (nSPS) is 18.8. The molecule has 1 aromatic carbocycles. The van der Waals surface area contributed by atoms with Crippen molar-refractivity contribution in [3.8, 4) is 0 Å². The maximum atomic E-state index is 3.70. The molecule has 2 heterocycles. The van der Waals surface area contributed by atoms with Gasteiger partial charge in [0.15, 0.2) is 0 Å². The predicted molar refractivity (Wildman–Crippen MR) is 97.7 cm³/mol. The number of rotatable bonds is 6. The third-order valence-electron chi connectivity index (χ3n) is 5.13. The molecule has 1 atom stereocenters. The fourth-order valence-electron chi connectivity index (χ4n) is 3.60. The average Bonchev–Trinajstić information content (AvgIpc) is 3.02. The standard InChI is InChI=1S/C19H30N4/c1-15(2)19(23-11-9-22(3)10-12-23)14-20-13-16-5-4-6-18-17(16)7-8-21-18/h4-8,15,19-21H,9-14H2,1-3H3. The zero-order valence-corrected chi connectivity index (χ0v) is 14.7. The first-order valence-corrected chi connectivity index (χ1v) is 8.83. The molecule has 1 unspecified atom stereocenters. The fourth-order valence-corrected chi connectivity index (χ4v) is 3.60. The average molecular weight is 314 g/mol. The molecule has 2 aromatic rings. The number of nitrogens with zero attached hydrogens (tertiary/aromatic N) is 2. The van der Waals surface area contributed by atoms with Crippen molar-refractivity contribution in [1.29, 1.82) is 0 Å². The number of likely N-dealkylation sites (N-methyl/N-ethyl adjacent to an activating group) is 1. The van der Waals surface area contributed by atoms with Gasteiger partial charge in [0.1, 0.15) is 0 Å². The number of piperazine rings is 1. The van der Waals surface area contributed by atoms with Gasteiger partial charge in [-0.25, -0.2) is 0 Å². The molecule has 0 saturated carbocycles. The zero-order valence-electron chi connectivity index (χ0n) is 14.7. The Kier molecular flexibility index (Phi) is 5.36. The van der Waals surface area contributed by atoms with Gasteiger partial charge in [-0.15, -0.1) is 0 Å². The molecule has 1 aromatic heterocycles. The van der Waals surface area contributed by atoms with Crippen molar-refractivity contribution in [3.05, 3.63) is 36.0 Å². The Morgan fingerprint density at radius 1 is 1.13 bits per heavy atom. The van der Waals surface area contributed by atoms with E-state index in [2.05, 4.69) is 65.3 Å². The van der Waals surface area contributed by atoms with Gasteiger partial charge in [-0.05, 0) is 30.7 Å². The molecule has 0 amide bonds. The largest absolute Gasteiger partial charge is 0.361 e. The first-order valence-electron chi connectivity index (χ1n) is 8.83. The number of aromatic amines is 1. The molecule has 1 aliphatic heterocycles. The van der Waals surface area contributed by atoms with Crippen LogP contribution in [0.4, 0.5) is 0 Å². The van der Waals surface area contributed by atoms with Crippen molar-refractivity contribution in [2.75, 3.05) is 39.8 Å². The van der Waals surface area contributed by atoms with Crippen molar-refractivity contribution >= 4 is 10.9 Å². The molecule has 0 spiro atoms. The summed E-state index contributed by atoms with van der Waals surface area (Å²) in [5.41, 5.74) is 2.61. The van der Waals surface area contributed by atoms with Crippen LogP contribution in [0, 0.1) is 5.92 Å². The summed E-state index contributed by atoms with van der Waals surface area (Å²) in [4.78, 5) is 8.38. The first kappa shape index (κ1) is 16.5. The van der Waals surface area contributed by atoms with Crippen LogP contribution in [0.5, 0.6) is 0 Å². The highest BCUT2D eigenvalue weighted by Crippen LogP contribution is 2.18. The van der Waals surface area contributed by atoms with E-state index in [0.717, 1.165) is 13.1 Å². The van der Waals surface area contributed by atoms with Crippen molar-refractivity contribution < 1.29 is 0 Å². The Morgan fingerprint density at radius 3 is 2.65 bits per heavy atom. The minimum Gasteiger partial charge on any atom is -0.361 e. The molecule has 23 heavy (non-hydrogen) atoms. The van der Waals surface area contributed by atoms with Crippen LogP contribution in [-0.2, 0) is 6.54 Å². The van der Waals surface area contributed by atoms with Crippen LogP contribution in [0.2, 0.25) is 0 Å². The predicted octanol–water partition coefficient (Wildman–Crippen LogP) is 2.53. The maximum Gasteiger partial charge on any atom is 0.0457 e. The van der Waals surface area contributed by atoms with E-state index >= 15 is 0 Å². The molecule has 3 rings (SSSR count). The van der Waals surface area contributed by atoms with Gasteiger partial charge >= 0.3 is 0 Å². The van der Waals surface area contributed by atoms with Crippen molar-refractivity contribution in [2.45, 2.75) is 26.4 Å². The van der Waals surface area contributed by atoms with Gasteiger partial charge in [0, 0.05) is 62.4 Å². The second-order valence-electron chi connectivity index (χ2n) is 7.14. The summed E-state index contributed by atoms with van der Waals surface area (Å²) in [5.74, 6) is 0.675. The first-order chi connectivity index (χ1) is 11.1. The molecule has 2 N–H and O–H groups in total. The molecule has 0 radical (unpaired) electrons. The van der Waals surface area contributed by atoms with Gasteiger partial charge in [-0.1, -0.05) is 26.0 Å². The van der Waals surface area contributed by atoms with E-state index in [9.17, 15) is 0 Å². The van der Waals surface area contributed by atoms with E-state index < -0.39 is 0 Å². The lowest BCUT2D eigenvalue weighted by Gasteiger charge is -2.40. The van der Waals surface area contributed by atoms with E-state index in [0.29, 0.717) is 12.0 Å². The summed E-state index contributed by atoms with van der Waals surface area (Å²) in [7, 11) is 2.22. The van der Waals surface area contributed by atoms with Gasteiger partial charge in [0.05, 0.1) is 0 Å². The molecular formula is C19H30N4. The summed E-state index contributed by atoms with van der Waals surface area (Å²) in [6, 6.07) is 9.29. The number of hydrogen-bond donors (Lipinski definition) is 2. The Morgan fingerprint density at radius 2 is 1.91 bits per heavy atom. The van der Waals surface area contributed by atoms with E-state index in [-0.39, 0.29) is 0 Å². The van der Waals surface area contributed by atoms with E-state index in [4.69, 9.17) is 0 Å². The van der Waals surface area contributed by atoms with Crippen LogP contribution in [0.3, 0.4) is 0 Å². The van der Waals surface area contributed by atoms with Crippen molar-refractivity contribution in [2.24, 2.45) is 5.92 Å². The molecular weight excluding hydrogens is 284 g/mol. The Labute approximate surface area is 139 Å². The summed E-state index contributed by atoms with van der Waals surface area (Å²) in [5, 5.41) is 5.04. The Balaban J connectivity index is 1.58. The summed E-state index contributed by atoms with van der Waals surface area (Å²) >= 11 is 0. The number of nitrogens with one attached hydrogen (secondary N) is 2. The molecule has 1 saturated heterocycles. The van der Waals surface area contributed by atoms with Gasteiger partial charge in [0.2, 0.25) is 0 Å². The monoisotopic (exact) mass is 314 g/mol. The van der Waals surface area contributed by atoms with Crippen LogP contribution in [0.1, 0.15) is 19.4 Å². The second-order valence-corrected chi connectivity index (χ2v) is 7.14. The van der Waals surface area contributed by atoms with E-state index in [1.54, 1.807) is 0 Å². The topological polar surface area (TPSA) is 34.3 Å². The van der Waals surface area contributed by atoms with Crippen LogP contribution >= 0.6 is 0 Å². The minimum atomic E-state index is 0.620. The quantitative estimate of drug-likeness (QED) is 0.860. The van der Waals surface area contributed by atoms with Gasteiger partial charge in [-0.3, -0.25) is 4.90 Å². The van der Waals surface area contributed by atoms with Crippen molar-refractivity contribution in [3.63, 3.8) is 0 Å². The molecule has 0 bridgehead atoms. The van der Waals surface area contributed by atoms with Crippen LogP contribution in [0.25, 0.3) is 10.9 Å². The second kappa shape index (κ2) is 7.47. The van der Waals surface area contributed by atoms with E-state index in [1.165, 1.54) is 42.6 Å². The number of benzene rings is 1. The molecule has 1 fully saturated rings.